The summed E-state index contributed by atoms with van der Waals surface area (Å²) in [5, 5.41) is 15.0. The minimum Gasteiger partial charge on any atom is -0.409 e. The van der Waals surface area contributed by atoms with Crippen LogP contribution in [-0.4, -0.2) is 22.5 Å². The van der Waals surface area contributed by atoms with Gasteiger partial charge in [-0.3, -0.25) is 4.79 Å². The molecule has 0 unspecified atom stereocenters. The molecule has 1 saturated carbocycles. The van der Waals surface area contributed by atoms with Crippen molar-refractivity contribution in [3.05, 3.63) is 21.4 Å². The molecule has 0 saturated heterocycles. The Labute approximate surface area is 116 Å². The molecule has 1 amide bonds. The zero-order valence-corrected chi connectivity index (χ0v) is 12.0. The molecular weight excluding hydrogens is 262 g/mol. The van der Waals surface area contributed by atoms with Gasteiger partial charge < -0.3 is 16.3 Å². The highest BCUT2D eigenvalue weighted by molar-refractivity contribution is 7.14. The van der Waals surface area contributed by atoms with E-state index in [0.717, 1.165) is 36.1 Å². The minimum absolute atomic E-state index is 0.100. The van der Waals surface area contributed by atoms with Crippen molar-refractivity contribution in [2.24, 2.45) is 10.9 Å². The van der Waals surface area contributed by atoms with E-state index in [-0.39, 0.29) is 11.7 Å². The normalized spacial score (nSPS) is 18.5. The van der Waals surface area contributed by atoms with Gasteiger partial charge in [-0.05, 0) is 38.3 Å². The topological polar surface area (TPSA) is 87.7 Å². The number of rotatable bonds is 3. The molecule has 1 fully saturated rings. The average molecular weight is 281 g/mol. The van der Waals surface area contributed by atoms with Crippen molar-refractivity contribution in [1.82, 2.24) is 5.32 Å². The van der Waals surface area contributed by atoms with E-state index in [4.69, 9.17) is 10.9 Å². The van der Waals surface area contributed by atoms with Gasteiger partial charge in [-0.1, -0.05) is 18.0 Å². The van der Waals surface area contributed by atoms with Crippen molar-refractivity contribution in [2.75, 3.05) is 0 Å². The van der Waals surface area contributed by atoms with Gasteiger partial charge in [0.25, 0.3) is 5.91 Å². The Bertz CT molecular complexity index is 496. The third-order valence-corrected chi connectivity index (χ3v) is 4.95. The number of carbonyl (C=O) groups is 1. The van der Waals surface area contributed by atoms with E-state index < -0.39 is 5.54 Å². The standard InChI is InChI=1S/C13H19N3O2S/c1-8-7-10(19-9(8)2)11(17)15-13(12(14)16-18)5-3-4-6-13/h7,18H,3-6H2,1-2H3,(H2,14,16)(H,15,17). The van der Waals surface area contributed by atoms with Gasteiger partial charge >= 0.3 is 0 Å². The summed E-state index contributed by atoms with van der Waals surface area (Å²) >= 11 is 1.47. The van der Waals surface area contributed by atoms with Gasteiger partial charge in [-0.2, -0.15) is 0 Å². The van der Waals surface area contributed by atoms with Crippen LogP contribution in [0.1, 0.15) is 45.8 Å². The molecule has 0 aromatic carbocycles. The first-order valence-electron chi connectivity index (χ1n) is 6.36. The Hall–Kier alpha value is -1.56. The Morgan fingerprint density at radius 3 is 2.58 bits per heavy atom. The van der Waals surface area contributed by atoms with E-state index in [0.29, 0.717) is 4.88 Å². The quantitative estimate of drug-likeness (QED) is 0.343. The number of nitrogens with two attached hydrogens (primary N) is 1. The average Bonchev–Trinajstić information content (AvgIpc) is 2.97. The molecule has 1 aliphatic rings. The molecule has 0 bridgehead atoms. The highest BCUT2D eigenvalue weighted by atomic mass is 32.1. The first-order valence-corrected chi connectivity index (χ1v) is 7.18. The van der Waals surface area contributed by atoms with Crippen LogP contribution in [0.3, 0.4) is 0 Å². The molecule has 1 aliphatic carbocycles. The van der Waals surface area contributed by atoms with Gasteiger partial charge in [0.1, 0.15) is 5.54 Å². The van der Waals surface area contributed by atoms with Gasteiger partial charge in [0, 0.05) is 4.88 Å². The van der Waals surface area contributed by atoms with E-state index >= 15 is 0 Å². The van der Waals surface area contributed by atoms with Crippen LogP contribution in [0.5, 0.6) is 0 Å². The van der Waals surface area contributed by atoms with E-state index in [9.17, 15) is 4.79 Å². The molecule has 104 valence electrons. The zero-order valence-electron chi connectivity index (χ0n) is 11.2. The summed E-state index contributed by atoms with van der Waals surface area (Å²) < 4.78 is 0. The number of nitrogens with zero attached hydrogens (tertiary/aromatic N) is 1. The number of thiophene rings is 1. The number of hydrogen-bond acceptors (Lipinski definition) is 4. The van der Waals surface area contributed by atoms with Crippen molar-refractivity contribution >= 4 is 23.1 Å². The van der Waals surface area contributed by atoms with E-state index in [2.05, 4.69) is 10.5 Å². The van der Waals surface area contributed by atoms with Crippen LogP contribution in [0.4, 0.5) is 0 Å². The Kier molecular flexibility index (Phi) is 3.80. The lowest BCUT2D eigenvalue weighted by molar-refractivity contribution is 0.0927. The van der Waals surface area contributed by atoms with Crippen LogP contribution >= 0.6 is 11.3 Å². The predicted molar refractivity (Wildman–Crippen MR) is 75.9 cm³/mol. The van der Waals surface area contributed by atoms with Gasteiger partial charge in [0.15, 0.2) is 5.84 Å². The summed E-state index contributed by atoms with van der Waals surface area (Å²) in [7, 11) is 0. The molecule has 0 spiro atoms. The largest absolute Gasteiger partial charge is 0.409 e. The Balaban J connectivity index is 2.20. The molecule has 4 N–H and O–H groups in total. The molecule has 2 rings (SSSR count). The summed E-state index contributed by atoms with van der Waals surface area (Å²) in [5.74, 6) is -0.0435. The highest BCUT2D eigenvalue weighted by Crippen LogP contribution is 2.31. The number of amides is 1. The van der Waals surface area contributed by atoms with Crippen molar-refractivity contribution in [3.8, 4) is 0 Å². The second kappa shape index (κ2) is 5.21. The maximum Gasteiger partial charge on any atom is 0.262 e. The van der Waals surface area contributed by atoms with E-state index in [1.807, 2.05) is 19.9 Å². The fourth-order valence-corrected chi connectivity index (χ4v) is 3.41. The molecular formula is C13H19N3O2S. The summed E-state index contributed by atoms with van der Waals surface area (Å²) in [4.78, 5) is 14.1. The van der Waals surface area contributed by atoms with Crippen LogP contribution in [0.2, 0.25) is 0 Å². The number of aryl methyl sites for hydroxylation is 2. The first kappa shape index (κ1) is 13.9. The number of carbonyl (C=O) groups excluding carboxylic acids is 1. The highest BCUT2D eigenvalue weighted by Gasteiger charge is 2.40. The maximum atomic E-state index is 12.3. The van der Waals surface area contributed by atoms with Crippen molar-refractivity contribution < 1.29 is 10.0 Å². The lowest BCUT2D eigenvalue weighted by Gasteiger charge is -2.28. The van der Waals surface area contributed by atoms with E-state index in [1.165, 1.54) is 11.3 Å². The summed E-state index contributed by atoms with van der Waals surface area (Å²) in [6, 6.07) is 1.88. The lowest BCUT2D eigenvalue weighted by Crippen LogP contribution is -2.55. The van der Waals surface area contributed by atoms with Gasteiger partial charge in [0.05, 0.1) is 4.88 Å². The number of oxime groups is 1. The number of nitrogens with one attached hydrogen (secondary N) is 1. The van der Waals surface area contributed by atoms with Crippen LogP contribution in [0.25, 0.3) is 0 Å². The summed E-state index contributed by atoms with van der Waals surface area (Å²) in [6.07, 6.45) is 3.38. The van der Waals surface area contributed by atoms with Crippen molar-refractivity contribution in [1.29, 1.82) is 0 Å². The van der Waals surface area contributed by atoms with Crippen LogP contribution in [0.15, 0.2) is 11.2 Å². The number of amidine groups is 1. The molecule has 6 heteroatoms. The third-order valence-electron chi connectivity index (χ3n) is 3.80. The second-order valence-corrected chi connectivity index (χ2v) is 6.33. The summed E-state index contributed by atoms with van der Waals surface area (Å²) in [5.41, 5.74) is 6.19. The third kappa shape index (κ3) is 2.58. The van der Waals surface area contributed by atoms with Crippen LogP contribution < -0.4 is 11.1 Å². The van der Waals surface area contributed by atoms with Crippen molar-refractivity contribution in [3.63, 3.8) is 0 Å². The van der Waals surface area contributed by atoms with E-state index in [1.54, 1.807) is 0 Å². The monoisotopic (exact) mass is 281 g/mol. The lowest BCUT2D eigenvalue weighted by atomic mass is 9.96. The molecule has 5 nitrogen and oxygen atoms in total. The number of hydrogen-bond donors (Lipinski definition) is 3. The van der Waals surface area contributed by atoms with Gasteiger partial charge in [-0.25, -0.2) is 0 Å². The SMILES string of the molecule is Cc1cc(C(=O)NC2(C(N)=NO)CCCC2)sc1C. The summed E-state index contributed by atoms with van der Waals surface area (Å²) in [6.45, 7) is 3.98. The molecule has 1 aromatic rings. The molecule has 19 heavy (non-hydrogen) atoms. The maximum absolute atomic E-state index is 12.3. The molecule has 0 radical (unpaired) electrons. The Morgan fingerprint density at radius 2 is 2.11 bits per heavy atom. The zero-order chi connectivity index (χ0) is 14.0. The fraction of sp³-hybridized carbons (Fsp3) is 0.538. The first-order chi connectivity index (χ1) is 8.98. The Morgan fingerprint density at radius 1 is 1.47 bits per heavy atom. The van der Waals surface area contributed by atoms with Crippen LogP contribution in [0, 0.1) is 13.8 Å². The second-order valence-electron chi connectivity index (χ2n) is 5.08. The van der Waals surface area contributed by atoms with Gasteiger partial charge in [0.2, 0.25) is 0 Å². The smallest absolute Gasteiger partial charge is 0.262 e. The van der Waals surface area contributed by atoms with Gasteiger partial charge in [-0.15, -0.1) is 11.3 Å². The minimum atomic E-state index is -0.683. The van der Waals surface area contributed by atoms with Crippen molar-refractivity contribution in [2.45, 2.75) is 45.1 Å². The molecule has 1 aromatic heterocycles. The molecule has 0 atom stereocenters. The molecule has 0 aliphatic heterocycles. The molecule has 1 heterocycles. The fourth-order valence-electron chi connectivity index (χ4n) is 2.48. The predicted octanol–water partition coefficient (Wildman–Crippen LogP) is 2.15. The van der Waals surface area contributed by atoms with Crippen LogP contribution in [-0.2, 0) is 0 Å².